The number of hydrogen-bond acceptors (Lipinski definition) is 2. The fraction of sp³-hybridized carbons (Fsp3) is 0.529. The summed E-state index contributed by atoms with van der Waals surface area (Å²) in [5.74, 6) is -0.646. The Labute approximate surface area is 143 Å². The predicted molar refractivity (Wildman–Crippen MR) is 84.6 cm³/mol. The highest BCUT2D eigenvalue weighted by Crippen LogP contribution is 2.30. The summed E-state index contributed by atoms with van der Waals surface area (Å²) in [6.45, 7) is 0. The lowest BCUT2D eigenvalue weighted by molar-refractivity contribution is -0.718. The fourth-order valence-corrected chi connectivity index (χ4v) is 3.59. The molecule has 1 saturated carbocycles. The number of rotatable bonds is 3. The highest BCUT2D eigenvalue weighted by Gasteiger charge is 2.40. The zero-order valence-electron chi connectivity index (χ0n) is 13.6. The van der Waals surface area contributed by atoms with E-state index in [1.807, 2.05) is 5.32 Å². The van der Waals surface area contributed by atoms with Gasteiger partial charge in [0.2, 0.25) is 5.91 Å². The molecule has 2 aliphatic rings. The molecule has 1 aliphatic heterocycles. The predicted octanol–water partition coefficient (Wildman–Crippen LogP) is 1.41. The van der Waals surface area contributed by atoms with Crippen LogP contribution in [0.3, 0.4) is 0 Å². The molecule has 1 saturated heterocycles. The number of piperazine rings is 1. The standard InChI is InChI=1S/C17H20F3N3O2/c18-17(19,20)10-4-3-5-11(8-10)21-15(24)9-14-16(25)23-13-7-2-1-6-12(13)22-14/h3-5,8,12-14,22H,1-2,6-7,9H2,(H,21,24)(H,23,25)/p+1/t12-,13-,14-/m0/s1. The molecule has 2 fully saturated rings. The van der Waals surface area contributed by atoms with Crippen molar-refractivity contribution in [2.75, 3.05) is 5.32 Å². The van der Waals surface area contributed by atoms with Gasteiger partial charge in [-0.1, -0.05) is 12.5 Å². The molecule has 3 rings (SSSR count). The maximum atomic E-state index is 12.7. The van der Waals surface area contributed by atoms with Gasteiger partial charge in [-0.15, -0.1) is 0 Å². The van der Waals surface area contributed by atoms with E-state index in [2.05, 4.69) is 10.6 Å². The molecule has 1 heterocycles. The van der Waals surface area contributed by atoms with Gasteiger partial charge in [0.15, 0.2) is 6.04 Å². The van der Waals surface area contributed by atoms with Crippen molar-refractivity contribution in [1.29, 1.82) is 0 Å². The third kappa shape index (κ3) is 4.31. The number of carbonyl (C=O) groups is 2. The van der Waals surface area contributed by atoms with Gasteiger partial charge >= 0.3 is 6.18 Å². The van der Waals surface area contributed by atoms with E-state index in [0.717, 1.165) is 37.8 Å². The van der Waals surface area contributed by atoms with Crippen LogP contribution in [0.1, 0.15) is 37.7 Å². The summed E-state index contributed by atoms with van der Waals surface area (Å²) < 4.78 is 38.1. The molecule has 1 aliphatic carbocycles. The van der Waals surface area contributed by atoms with Crippen molar-refractivity contribution in [1.82, 2.24) is 5.32 Å². The van der Waals surface area contributed by atoms with Crippen LogP contribution in [0.4, 0.5) is 18.9 Å². The van der Waals surface area contributed by atoms with Gasteiger partial charge < -0.3 is 16.0 Å². The molecule has 0 aromatic heterocycles. The second kappa shape index (κ2) is 7.03. The molecule has 3 atom stereocenters. The second-order valence-corrected chi connectivity index (χ2v) is 6.69. The summed E-state index contributed by atoms with van der Waals surface area (Å²) in [5, 5.41) is 7.36. The van der Waals surface area contributed by atoms with E-state index in [9.17, 15) is 22.8 Å². The average molecular weight is 356 g/mol. The number of benzene rings is 1. The highest BCUT2D eigenvalue weighted by atomic mass is 19.4. The van der Waals surface area contributed by atoms with Gasteiger partial charge in [0.1, 0.15) is 6.04 Å². The van der Waals surface area contributed by atoms with Crippen molar-refractivity contribution < 1.29 is 28.1 Å². The Balaban J connectivity index is 1.60. The normalized spacial score (nSPS) is 26.5. The Morgan fingerprint density at radius 1 is 1.28 bits per heavy atom. The van der Waals surface area contributed by atoms with Crippen molar-refractivity contribution in [3.05, 3.63) is 29.8 Å². The summed E-state index contributed by atoms with van der Waals surface area (Å²) in [6, 6.07) is 4.37. The minimum Gasteiger partial charge on any atom is -0.342 e. The molecule has 2 amide bonds. The molecule has 1 aromatic rings. The molecule has 0 spiro atoms. The first-order chi connectivity index (χ1) is 11.8. The van der Waals surface area contributed by atoms with E-state index in [1.165, 1.54) is 12.1 Å². The zero-order chi connectivity index (χ0) is 18.0. The van der Waals surface area contributed by atoms with E-state index < -0.39 is 23.7 Å². The monoisotopic (exact) mass is 356 g/mol. The summed E-state index contributed by atoms with van der Waals surface area (Å²) in [7, 11) is 0. The van der Waals surface area contributed by atoms with E-state index in [-0.39, 0.29) is 30.1 Å². The Bertz CT molecular complexity index is 663. The summed E-state index contributed by atoms with van der Waals surface area (Å²) in [6.07, 6.45) is -0.376. The summed E-state index contributed by atoms with van der Waals surface area (Å²) in [5.41, 5.74) is -0.746. The summed E-state index contributed by atoms with van der Waals surface area (Å²) in [4.78, 5) is 24.3. The van der Waals surface area contributed by atoms with Gasteiger partial charge in [0, 0.05) is 12.1 Å². The molecule has 0 unspecified atom stereocenters. The number of amides is 2. The Hall–Kier alpha value is -2.09. The molecule has 0 bridgehead atoms. The molecule has 25 heavy (non-hydrogen) atoms. The third-order valence-electron chi connectivity index (χ3n) is 4.84. The maximum absolute atomic E-state index is 12.7. The minimum absolute atomic E-state index is 0.0642. The van der Waals surface area contributed by atoms with Crippen LogP contribution in [0, 0.1) is 0 Å². The topological polar surface area (TPSA) is 74.8 Å². The van der Waals surface area contributed by atoms with Crippen LogP contribution in [0.15, 0.2) is 24.3 Å². The van der Waals surface area contributed by atoms with E-state index in [4.69, 9.17) is 0 Å². The SMILES string of the molecule is O=C(C[C@@H]1[NH2+][C@H]2CCCC[C@@H]2NC1=O)Nc1cccc(C(F)(F)F)c1. The first-order valence-electron chi connectivity index (χ1n) is 8.45. The molecular formula is C17H21F3N3O2+. The Morgan fingerprint density at radius 3 is 2.80 bits per heavy atom. The largest absolute Gasteiger partial charge is 0.416 e. The summed E-state index contributed by atoms with van der Waals surface area (Å²) >= 11 is 0. The Morgan fingerprint density at radius 2 is 2.04 bits per heavy atom. The second-order valence-electron chi connectivity index (χ2n) is 6.69. The first-order valence-corrected chi connectivity index (χ1v) is 8.45. The van der Waals surface area contributed by atoms with Gasteiger partial charge in [0.25, 0.3) is 5.91 Å². The van der Waals surface area contributed by atoms with E-state index >= 15 is 0 Å². The van der Waals surface area contributed by atoms with Gasteiger partial charge in [-0.05, 0) is 31.0 Å². The number of anilines is 1. The molecule has 8 heteroatoms. The van der Waals surface area contributed by atoms with Crippen molar-refractivity contribution in [3.63, 3.8) is 0 Å². The Kier molecular flexibility index (Phi) is 4.99. The number of halogens is 3. The van der Waals surface area contributed by atoms with Crippen LogP contribution in [0.25, 0.3) is 0 Å². The van der Waals surface area contributed by atoms with Crippen LogP contribution in [-0.2, 0) is 15.8 Å². The molecule has 0 radical (unpaired) electrons. The maximum Gasteiger partial charge on any atom is 0.416 e. The number of carbonyl (C=O) groups excluding carboxylic acids is 2. The number of quaternary nitrogens is 1. The van der Waals surface area contributed by atoms with Gasteiger partial charge in [-0.25, -0.2) is 0 Å². The van der Waals surface area contributed by atoms with Gasteiger partial charge in [0.05, 0.1) is 18.0 Å². The van der Waals surface area contributed by atoms with Crippen LogP contribution >= 0.6 is 0 Å². The average Bonchev–Trinajstić information content (AvgIpc) is 2.55. The molecule has 5 nitrogen and oxygen atoms in total. The van der Waals surface area contributed by atoms with Crippen LogP contribution < -0.4 is 16.0 Å². The number of fused-ring (bicyclic) bond motifs is 1. The van der Waals surface area contributed by atoms with Crippen molar-refractivity contribution >= 4 is 17.5 Å². The van der Waals surface area contributed by atoms with Crippen molar-refractivity contribution in [3.8, 4) is 0 Å². The smallest absolute Gasteiger partial charge is 0.342 e. The van der Waals surface area contributed by atoms with Gasteiger partial charge in [-0.2, -0.15) is 13.2 Å². The third-order valence-corrected chi connectivity index (χ3v) is 4.84. The zero-order valence-corrected chi connectivity index (χ0v) is 13.6. The number of nitrogens with one attached hydrogen (secondary N) is 2. The molecular weight excluding hydrogens is 335 g/mol. The number of alkyl halides is 3. The molecule has 4 N–H and O–H groups in total. The first kappa shape index (κ1) is 17.7. The highest BCUT2D eigenvalue weighted by molar-refractivity contribution is 5.95. The van der Waals surface area contributed by atoms with Crippen molar-refractivity contribution in [2.24, 2.45) is 0 Å². The molecule has 1 aromatic carbocycles. The molecule has 136 valence electrons. The fourth-order valence-electron chi connectivity index (χ4n) is 3.59. The van der Waals surface area contributed by atoms with Crippen molar-refractivity contribution in [2.45, 2.75) is 56.4 Å². The minimum atomic E-state index is -4.46. The van der Waals surface area contributed by atoms with E-state index in [0.29, 0.717) is 0 Å². The number of nitrogens with two attached hydrogens (primary N) is 1. The lowest BCUT2D eigenvalue weighted by Crippen LogP contribution is -3.03. The van der Waals surface area contributed by atoms with Crippen LogP contribution in [0.5, 0.6) is 0 Å². The van der Waals surface area contributed by atoms with Crippen LogP contribution in [0.2, 0.25) is 0 Å². The lowest BCUT2D eigenvalue weighted by atomic mass is 9.87. The quantitative estimate of drug-likeness (QED) is 0.766. The number of hydrogen-bond donors (Lipinski definition) is 3. The van der Waals surface area contributed by atoms with Gasteiger partial charge in [-0.3, -0.25) is 9.59 Å². The lowest BCUT2D eigenvalue weighted by Gasteiger charge is -2.37. The van der Waals surface area contributed by atoms with Crippen LogP contribution in [-0.4, -0.2) is 29.9 Å². The van der Waals surface area contributed by atoms with E-state index in [1.54, 1.807) is 0 Å².